The first-order valence-electron chi connectivity index (χ1n) is 9.97. The predicted octanol–water partition coefficient (Wildman–Crippen LogP) is 6.68. The van der Waals surface area contributed by atoms with E-state index >= 15 is 0 Å². The van der Waals surface area contributed by atoms with Gasteiger partial charge in [-0.2, -0.15) is 0 Å². The van der Waals surface area contributed by atoms with Gasteiger partial charge in [-0.3, -0.25) is 4.79 Å². The number of hydrogen-bond acceptors (Lipinski definition) is 2. The van der Waals surface area contributed by atoms with Crippen LogP contribution in [0.3, 0.4) is 0 Å². The molecule has 1 saturated carbocycles. The molecule has 2 nitrogen and oxygen atoms in total. The molecule has 1 amide bonds. The van der Waals surface area contributed by atoms with Gasteiger partial charge < -0.3 is 4.90 Å². The van der Waals surface area contributed by atoms with Crippen LogP contribution in [0.1, 0.15) is 24.8 Å². The fourth-order valence-electron chi connectivity index (χ4n) is 4.43. The van der Waals surface area contributed by atoms with Gasteiger partial charge >= 0.3 is 0 Å². The Kier molecular flexibility index (Phi) is 5.13. The zero-order valence-corrected chi connectivity index (χ0v) is 19.1. The maximum Gasteiger partial charge on any atom is 0.233 e. The smallest absolute Gasteiger partial charge is 0.233 e. The summed E-state index contributed by atoms with van der Waals surface area (Å²) in [5.74, 6) is 0.298. The summed E-state index contributed by atoms with van der Waals surface area (Å²) in [4.78, 5) is 16.8. The van der Waals surface area contributed by atoms with Gasteiger partial charge in [0.2, 0.25) is 5.91 Å². The van der Waals surface area contributed by atoms with Crippen LogP contribution < -0.4 is 0 Å². The standard InChI is InChI=1S/C24H21BrClNOS/c25-20-10-9-19(17-5-1-2-6-18(17)20)24(12-13-24)23(28)27-14-11-16(15-27)29-22-8-4-3-7-21(22)26/h1-10,16H,11-15H2. The molecule has 0 bridgehead atoms. The topological polar surface area (TPSA) is 20.3 Å². The second-order valence-electron chi connectivity index (χ2n) is 7.93. The molecule has 148 valence electrons. The van der Waals surface area contributed by atoms with Crippen LogP contribution in [0.2, 0.25) is 5.02 Å². The minimum absolute atomic E-state index is 0.298. The zero-order chi connectivity index (χ0) is 20.0. The quantitative estimate of drug-likeness (QED) is 0.410. The Morgan fingerprint density at radius 2 is 1.76 bits per heavy atom. The SMILES string of the molecule is O=C(N1CCC(Sc2ccccc2Cl)C1)C1(c2ccc(Br)c3ccccc23)CC1. The number of thioether (sulfide) groups is 1. The van der Waals surface area contributed by atoms with Crippen molar-refractivity contribution in [1.82, 2.24) is 4.90 Å². The normalized spacial score (nSPS) is 20.2. The van der Waals surface area contributed by atoms with E-state index in [9.17, 15) is 4.79 Å². The third-order valence-corrected chi connectivity index (χ3v) is 8.57. The molecular formula is C24H21BrClNOS. The van der Waals surface area contributed by atoms with E-state index in [1.54, 1.807) is 11.8 Å². The van der Waals surface area contributed by atoms with Gasteiger partial charge in [-0.05, 0) is 53.8 Å². The van der Waals surface area contributed by atoms with Crippen LogP contribution in [-0.2, 0) is 10.2 Å². The van der Waals surface area contributed by atoms with Crippen LogP contribution in [0.5, 0.6) is 0 Å². The molecule has 0 spiro atoms. The molecule has 29 heavy (non-hydrogen) atoms. The van der Waals surface area contributed by atoms with Crippen LogP contribution >= 0.6 is 39.3 Å². The first-order valence-corrected chi connectivity index (χ1v) is 12.0. The average Bonchev–Trinajstić information content (AvgIpc) is 3.41. The van der Waals surface area contributed by atoms with Crippen LogP contribution in [0.4, 0.5) is 0 Å². The molecule has 1 atom stereocenters. The number of carbonyl (C=O) groups excluding carboxylic acids is 1. The third-order valence-electron chi connectivity index (χ3n) is 6.11. The largest absolute Gasteiger partial charge is 0.341 e. The number of halogens is 2. The van der Waals surface area contributed by atoms with Gasteiger partial charge in [-0.25, -0.2) is 0 Å². The van der Waals surface area contributed by atoms with Crippen LogP contribution in [0, 0.1) is 0 Å². The Labute approximate surface area is 188 Å². The second-order valence-corrected chi connectivity index (χ2v) is 10.5. The van der Waals surface area contributed by atoms with Gasteiger partial charge in [-0.1, -0.05) is 70.0 Å². The molecule has 5 rings (SSSR count). The summed E-state index contributed by atoms with van der Waals surface area (Å²) in [5, 5.41) is 3.56. The summed E-state index contributed by atoms with van der Waals surface area (Å²) in [7, 11) is 0. The molecule has 0 aromatic heterocycles. The molecule has 2 aliphatic rings. The number of likely N-dealkylation sites (tertiary alicyclic amines) is 1. The molecular weight excluding hydrogens is 466 g/mol. The van der Waals surface area contributed by atoms with Gasteiger partial charge in [-0.15, -0.1) is 11.8 Å². The summed E-state index contributed by atoms with van der Waals surface area (Å²) in [6.45, 7) is 1.63. The predicted molar refractivity (Wildman–Crippen MR) is 125 cm³/mol. The van der Waals surface area contributed by atoms with Gasteiger partial charge in [0, 0.05) is 27.7 Å². The van der Waals surface area contributed by atoms with Crippen molar-refractivity contribution in [3.8, 4) is 0 Å². The lowest BCUT2D eigenvalue weighted by Crippen LogP contribution is -2.38. The van der Waals surface area contributed by atoms with Crippen LogP contribution in [0.25, 0.3) is 10.8 Å². The third kappa shape index (κ3) is 3.49. The molecule has 1 heterocycles. The lowest BCUT2D eigenvalue weighted by Gasteiger charge is -2.25. The highest BCUT2D eigenvalue weighted by atomic mass is 79.9. The second kappa shape index (κ2) is 7.64. The summed E-state index contributed by atoms with van der Waals surface area (Å²) in [6, 6.07) is 20.6. The van der Waals surface area contributed by atoms with Crippen molar-refractivity contribution in [3.63, 3.8) is 0 Å². The van der Waals surface area contributed by atoms with E-state index in [1.807, 2.05) is 18.2 Å². The molecule has 1 unspecified atom stereocenters. The highest BCUT2D eigenvalue weighted by Gasteiger charge is 2.54. The molecule has 1 aliphatic heterocycles. The van der Waals surface area contributed by atoms with Crippen molar-refractivity contribution in [1.29, 1.82) is 0 Å². The van der Waals surface area contributed by atoms with E-state index in [0.29, 0.717) is 11.2 Å². The van der Waals surface area contributed by atoms with Crippen molar-refractivity contribution in [3.05, 3.63) is 75.7 Å². The van der Waals surface area contributed by atoms with Crippen LogP contribution in [-0.4, -0.2) is 29.1 Å². The summed E-state index contributed by atoms with van der Waals surface area (Å²) >= 11 is 11.8. The number of fused-ring (bicyclic) bond motifs is 1. The molecule has 0 N–H and O–H groups in total. The minimum atomic E-state index is -0.343. The number of amides is 1. The summed E-state index contributed by atoms with van der Waals surface area (Å²) in [5.41, 5.74) is 0.841. The van der Waals surface area contributed by atoms with E-state index in [4.69, 9.17) is 11.6 Å². The van der Waals surface area contributed by atoms with Gasteiger partial charge in [0.25, 0.3) is 0 Å². The molecule has 1 aliphatic carbocycles. The number of benzene rings is 3. The van der Waals surface area contributed by atoms with E-state index in [0.717, 1.165) is 46.7 Å². The number of carbonyl (C=O) groups is 1. The Morgan fingerprint density at radius 3 is 2.52 bits per heavy atom. The van der Waals surface area contributed by atoms with E-state index < -0.39 is 0 Å². The van der Waals surface area contributed by atoms with E-state index in [-0.39, 0.29) is 5.41 Å². The van der Waals surface area contributed by atoms with Crippen molar-refractivity contribution in [2.24, 2.45) is 0 Å². The van der Waals surface area contributed by atoms with Crippen LogP contribution in [0.15, 0.2) is 70.0 Å². The Bertz CT molecular complexity index is 1100. The minimum Gasteiger partial charge on any atom is -0.341 e. The van der Waals surface area contributed by atoms with Crippen molar-refractivity contribution < 1.29 is 4.79 Å². The molecule has 3 aromatic rings. The number of rotatable bonds is 4. The highest BCUT2D eigenvalue weighted by molar-refractivity contribution is 9.10. The van der Waals surface area contributed by atoms with E-state index in [2.05, 4.69) is 63.3 Å². The van der Waals surface area contributed by atoms with Gasteiger partial charge in [0.15, 0.2) is 0 Å². The fraction of sp³-hybridized carbons (Fsp3) is 0.292. The Morgan fingerprint density at radius 1 is 1.03 bits per heavy atom. The van der Waals surface area contributed by atoms with Gasteiger partial charge in [0.05, 0.1) is 10.4 Å². The van der Waals surface area contributed by atoms with Crippen molar-refractivity contribution >= 4 is 56.0 Å². The fourth-order valence-corrected chi connectivity index (χ4v) is 6.36. The van der Waals surface area contributed by atoms with Crippen molar-refractivity contribution in [2.45, 2.75) is 34.8 Å². The first-order chi connectivity index (χ1) is 14.1. The molecule has 1 saturated heterocycles. The molecule has 5 heteroatoms. The number of hydrogen-bond donors (Lipinski definition) is 0. The van der Waals surface area contributed by atoms with Crippen molar-refractivity contribution in [2.75, 3.05) is 13.1 Å². The molecule has 3 aromatic carbocycles. The lowest BCUT2D eigenvalue weighted by molar-refractivity contribution is -0.132. The highest BCUT2D eigenvalue weighted by Crippen LogP contribution is 2.53. The Balaban J connectivity index is 1.38. The lowest BCUT2D eigenvalue weighted by atomic mass is 9.89. The van der Waals surface area contributed by atoms with Gasteiger partial charge in [0.1, 0.15) is 0 Å². The first kappa shape index (κ1) is 19.5. The Hall–Kier alpha value is -1.49. The maximum absolute atomic E-state index is 13.6. The maximum atomic E-state index is 13.6. The molecule has 0 radical (unpaired) electrons. The summed E-state index contributed by atoms with van der Waals surface area (Å²) < 4.78 is 1.08. The molecule has 2 fully saturated rings. The average molecular weight is 487 g/mol. The monoisotopic (exact) mass is 485 g/mol. The zero-order valence-electron chi connectivity index (χ0n) is 15.9. The number of nitrogens with zero attached hydrogens (tertiary/aromatic N) is 1. The summed E-state index contributed by atoms with van der Waals surface area (Å²) in [6.07, 6.45) is 2.89. The van der Waals surface area contributed by atoms with E-state index in [1.165, 1.54) is 16.3 Å².